The predicted octanol–water partition coefficient (Wildman–Crippen LogP) is 7.42. The third-order valence-electron chi connectivity index (χ3n) is 8.30. The maximum Gasteiger partial charge on any atom is -0.0184 e. The first-order valence-corrected chi connectivity index (χ1v) is 25.8. The van der Waals surface area contributed by atoms with E-state index in [1.807, 2.05) is 15.5 Å². The molecule has 2 aliphatic rings. The van der Waals surface area contributed by atoms with E-state index in [2.05, 4.69) is 140 Å². The molecule has 0 heterocycles. The molecule has 0 bridgehead atoms. The van der Waals surface area contributed by atoms with Crippen molar-refractivity contribution in [3.05, 3.63) is 141 Å². The molecule has 0 aromatic heterocycles. The van der Waals surface area contributed by atoms with E-state index in [1.54, 1.807) is 27.1 Å². The Balaban J connectivity index is 0.000000214. The van der Waals surface area contributed by atoms with Gasteiger partial charge in [0.15, 0.2) is 0 Å². The summed E-state index contributed by atoms with van der Waals surface area (Å²) < 4.78 is 6.19. The summed E-state index contributed by atoms with van der Waals surface area (Å²) in [4.78, 5) is 0. The molecule has 0 amide bonds. The van der Waals surface area contributed by atoms with Gasteiger partial charge in [0.25, 0.3) is 0 Å². The zero-order valence-corrected chi connectivity index (χ0v) is 28.4. The Bertz CT molecular complexity index is 1330. The van der Waals surface area contributed by atoms with E-state index in [1.165, 1.54) is 24.0 Å². The van der Waals surface area contributed by atoms with Crippen LogP contribution in [0.1, 0.15) is 40.5 Å². The smallest absolute Gasteiger partial charge is 0.0184 e. The minimum absolute atomic E-state index is 0.640. The zero-order valence-electron chi connectivity index (χ0n) is 23.7. The van der Waals surface area contributed by atoms with Gasteiger partial charge in [-0.1, -0.05) is 60.7 Å². The molecule has 0 aliphatic heterocycles. The molecule has 2 aliphatic carbocycles. The van der Waals surface area contributed by atoms with Crippen molar-refractivity contribution in [2.24, 2.45) is 5.92 Å². The van der Waals surface area contributed by atoms with Gasteiger partial charge in [-0.05, 0) is 11.1 Å². The van der Waals surface area contributed by atoms with Crippen molar-refractivity contribution in [3.8, 4) is 11.1 Å². The van der Waals surface area contributed by atoms with Crippen LogP contribution in [0.4, 0.5) is 0 Å². The second-order valence-electron chi connectivity index (χ2n) is 10.9. The van der Waals surface area contributed by atoms with Crippen LogP contribution in [0, 0.1) is 5.92 Å². The fraction of sp³-hybridized carbons (Fsp3) is 0.222. The van der Waals surface area contributed by atoms with E-state index in [0.29, 0.717) is 5.92 Å². The van der Waals surface area contributed by atoms with Gasteiger partial charge in [-0.25, -0.2) is 0 Å². The summed E-state index contributed by atoms with van der Waals surface area (Å²) in [5.41, 5.74) is 7.35. The molecule has 3 heteroatoms. The molecule has 6 rings (SSSR count). The van der Waals surface area contributed by atoms with Crippen molar-refractivity contribution in [1.82, 2.24) is 3.30 Å². The first-order chi connectivity index (χ1) is 19.0. The Morgan fingerprint density at radius 2 is 1.00 bits per heavy atom. The summed E-state index contributed by atoms with van der Waals surface area (Å²) in [6, 6.07) is 44.5. The molecule has 0 spiro atoms. The number of hydrogen-bond donors (Lipinski definition) is 1. The Kier molecular flexibility index (Phi) is 9.44. The second-order valence-corrected chi connectivity index (χ2v) is 30.0. The van der Waals surface area contributed by atoms with E-state index in [9.17, 15) is 0 Å². The van der Waals surface area contributed by atoms with Gasteiger partial charge in [0.05, 0.1) is 0 Å². The van der Waals surface area contributed by atoms with E-state index in [-0.39, 0.29) is 0 Å². The molecule has 4 aromatic carbocycles. The summed E-state index contributed by atoms with van der Waals surface area (Å²) in [6.45, 7) is 9.57. The van der Waals surface area contributed by atoms with Crippen LogP contribution in [0.15, 0.2) is 141 Å². The third kappa shape index (κ3) is 6.77. The molecule has 197 valence electrons. The van der Waals surface area contributed by atoms with Gasteiger partial charge in [0.2, 0.25) is 0 Å². The van der Waals surface area contributed by atoms with Gasteiger partial charge >= 0.3 is 174 Å². The standard InChI is InChI=1S/C12H11Si.C12H10.C9H13.C3H6N.Hf/c1-3-7-11(8-4-1)13-12-9-5-2-6-10-12;1-3-7-11(8-4-1)12-9-5-2-6-10-12;1-6-5-7(2)9(4)8(6)3;4-3-1-2-3;/h1-10,13H;1-10H;6H,1-4H3;3-4H,1-2H2;/q;;;-1;+1. The number of nitrogens with one attached hydrogen (secondary N) is 1. The van der Waals surface area contributed by atoms with Crippen molar-refractivity contribution < 1.29 is 20.9 Å². The van der Waals surface area contributed by atoms with Crippen molar-refractivity contribution >= 4 is 16.4 Å². The molecule has 1 saturated carbocycles. The van der Waals surface area contributed by atoms with Crippen LogP contribution in [0.5, 0.6) is 0 Å². The van der Waals surface area contributed by atoms with Crippen LogP contribution in [0.25, 0.3) is 11.1 Å². The Hall–Kier alpha value is -2.59. The van der Waals surface area contributed by atoms with E-state index in [0.717, 1.165) is 6.04 Å². The maximum absolute atomic E-state index is 4.32. The van der Waals surface area contributed by atoms with Gasteiger partial charge in [-0.2, -0.15) is 0 Å². The maximum atomic E-state index is 4.32. The van der Waals surface area contributed by atoms with Gasteiger partial charge in [-0.15, -0.1) is 0 Å². The van der Waals surface area contributed by atoms with Crippen LogP contribution in [0.2, 0.25) is 0 Å². The van der Waals surface area contributed by atoms with E-state index < -0.39 is 26.9 Å². The Morgan fingerprint density at radius 3 is 1.36 bits per heavy atom. The average Bonchev–Trinajstić information content (AvgIpc) is 3.80. The molecule has 0 saturated heterocycles. The summed E-state index contributed by atoms with van der Waals surface area (Å²) in [5.74, 6) is -0.609. The summed E-state index contributed by atoms with van der Waals surface area (Å²) in [7, 11) is 0. The largest absolute Gasteiger partial charge is 0.0622 e. The topological polar surface area (TPSA) is 12.0 Å². The molecule has 1 fully saturated rings. The number of hydrogen-bond acceptors (Lipinski definition) is 1. The van der Waals surface area contributed by atoms with Crippen molar-refractivity contribution in [3.63, 3.8) is 0 Å². The van der Waals surface area contributed by atoms with E-state index in [4.69, 9.17) is 0 Å². The van der Waals surface area contributed by atoms with Crippen molar-refractivity contribution in [1.29, 1.82) is 0 Å². The molecule has 1 N–H and O–H groups in total. The van der Waals surface area contributed by atoms with Crippen molar-refractivity contribution in [2.45, 2.75) is 46.6 Å². The fourth-order valence-corrected chi connectivity index (χ4v) is 38.4. The molecule has 4 aromatic rings. The van der Waals surface area contributed by atoms with E-state index >= 15 is 0 Å². The molecule has 1 unspecified atom stereocenters. The molecular formula is C36H40HfNSi. The van der Waals surface area contributed by atoms with Gasteiger partial charge in [0, 0.05) is 0 Å². The van der Waals surface area contributed by atoms with Crippen LogP contribution in [-0.2, 0) is 20.9 Å². The number of benzene rings is 4. The normalized spacial score (nSPS) is 16.8. The summed E-state index contributed by atoms with van der Waals surface area (Å²) in [5, 5.41) is 3.27. The fourth-order valence-electron chi connectivity index (χ4n) is 5.64. The van der Waals surface area contributed by atoms with Crippen LogP contribution >= 0.6 is 0 Å². The molecule has 0 radical (unpaired) electrons. The van der Waals surface area contributed by atoms with Gasteiger partial charge < -0.3 is 0 Å². The molecule has 1 nitrogen and oxygen atoms in total. The SMILES string of the molecule is CC1=C(C)C(C)[C]([Hf]([NH]C2CC2)[SiH](c2ccccc2)c2ccccc2)=C1C.c1ccc(-c2ccccc2)cc1. The van der Waals surface area contributed by atoms with Crippen LogP contribution in [-0.4, -0.2) is 12.0 Å². The zero-order chi connectivity index (χ0) is 27.2. The first-order valence-electron chi connectivity index (χ1n) is 14.3. The third-order valence-corrected chi connectivity index (χ3v) is 35.9. The summed E-state index contributed by atoms with van der Waals surface area (Å²) in [6.07, 6.45) is 2.76. The molecule has 1 atom stereocenters. The average molecular weight is 693 g/mol. The Morgan fingerprint density at radius 1 is 0.590 bits per heavy atom. The number of allylic oxidation sites excluding steroid dienone is 4. The van der Waals surface area contributed by atoms with Crippen LogP contribution in [0.3, 0.4) is 0 Å². The van der Waals surface area contributed by atoms with Gasteiger partial charge in [-0.3, -0.25) is 0 Å². The summed E-state index contributed by atoms with van der Waals surface area (Å²) >= 11 is -2.27. The molecule has 39 heavy (non-hydrogen) atoms. The number of rotatable bonds is 7. The van der Waals surface area contributed by atoms with Gasteiger partial charge in [0.1, 0.15) is 0 Å². The van der Waals surface area contributed by atoms with Crippen molar-refractivity contribution in [2.75, 3.05) is 0 Å². The quantitative estimate of drug-likeness (QED) is 0.199. The Labute approximate surface area is 244 Å². The molecular weight excluding hydrogens is 653 g/mol. The second kappa shape index (κ2) is 13.2. The first kappa shape index (κ1) is 28.0. The predicted molar refractivity (Wildman–Crippen MR) is 168 cm³/mol. The minimum atomic E-state index is -2.27. The minimum Gasteiger partial charge on any atom is -0.0622 e. The van der Waals surface area contributed by atoms with Crippen LogP contribution < -0.4 is 13.7 Å². The monoisotopic (exact) mass is 694 g/mol.